The number of hydrogen-bond acceptors (Lipinski definition) is 5. The summed E-state index contributed by atoms with van der Waals surface area (Å²) in [5.74, 6) is 0.172. The number of nitrogens with zero attached hydrogens (tertiary/aromatic N) is 2. The Balaban J connectivity index is 2.19. The molecule has 3 aromatic rings. The molecule has 0 N–H and O–H groups in total. The minimum atomic E-state index is -3.85. The zero-order chi connectivity index (χ0) is 19.8. The van der Waals surface area contributed by atoms with E-state index in [0.29, 0.717) is 11.3 Å². The summed E-state index contributed by atoms with van der Waals surface area (Å²) in [5, 5.41) is 0.933. The van der Waals surface area contributed by atoms with Gasteiger partial charge in [-0.05, 0) is 63.5 Å². The maximum absolute atomic E-state index is 13.2. The molecule has 0 radical (unpaired) electrons. The minimum absolute atomic E-state index is 0.0360. The molecular formula is C19H21FN2O3S2. The Bertz CT molecular complexity index is 1060. The summed E-state index contributed by atoms with van der Waals surface area (Å²) in [6.07, 6.45) is 1.62. The number of methoxy groups -OCH3 is 1. The first kappa shape index (κ1) is 19.7. The third-order valence-electron chi connectivity index (χ3n) is 4.34. The van der Waals surface area contributed by atoms with Gasteiger partial charge in [0.15, 0.2) is 0 Å². The summed E-state index contributed by atoms with van der Waals surface area (Å²) in [7, 11) is 1.65. The Labute approximate surface area is 162 Å². The van der Waals surface area contributed by atoms with Gasteiger partial charge in [-0.25, -0.2) is 16.8 Å². The standard InChI is InChI=1S/C19H21FN2O3S2/c1-13(21(2)3)26-19-12-22(18-10-7-15(25-4)11-17(18)19)27(23,24)16-8-5-14(20)6-9-16/h5-13H,1-4H3. The highest BCUT2D eigenvalue weighted by Crippen LogP contribution is 2.36. The van der Waals surface area contributed by atoms with Crippen LogP contribution in [0.4, 0.5) is 4.39 Å². The van der Waals surface area contributed by atoms with E-state index in [1.54, 1.807) is 37.2 Å². The summed E-state index contributed by atoms with van der Waals surface area (Å²) in [6.45, 7) is 2.04. The van der Waals surface area contributed by atoms with E-state index in [9.17, 15) is 12.8 Å². The van der Waals surface area contributed by atoms with Crippen molar-refractivity contribution in [3.05, 3.63) is 54.5 Å². The highest BCUT2D eigenvalue weighted by atomic mass is 32.2. The Morgan fingerprint density at radius 1 is 1.15 bits per heavy atom. The molecule has 144 valence electrons. The quantitative estimate of drug-likeness (QED) is 0.455. The average molecular weight is 409 g/mol. The first-order valence-corrected chi connectivity index (χ1v) is 10.6. The van der Waals surface area contributed by atoms with Gasteiger partial charge >= 0.3 is 0 Å². The summed E-state index contributed by atoms with van der Waals surface area (Å²) in [5.41, 5.74) is 0.550. The maximum atomic E-state index is 13.2. The Morgan fingerprint density at radius 3 is 2.41 bits per heavy atom. The van der Waals surface area contributed by atoms with Crippen LogP contribution in [0.25, 0.3) is 10.9 Å². The lowest BCUT2D eigenvalue weighted by Gasteiger charge is -2.18. The van der Waals surface area contributed by atoms with E-state index in [2.05, 4.69) is 0 Å². The number of aromatic nitrogens is 1. The van der Waals surface area contributed by atoms with Crippen molar-refractivity contribution in [2.45, 2.75) is 22.1 Å². The van der Waals surface area contributed by atoms with Crippen LogP contribution in [0.15, 0.2) is 58.5 Å². The molecule has 0 aliphatic heterocycles. The van der Waals surface area contributed by atoms with Crippen molar-refractivity contribution >= 4 is 32.7 Å². The second kappa shape index (κ2) is 7.53. The summed E-state index contributed by atoms with van der Waals surface area (Å²) < 4.78 is 46.0. The van der Waals surface area contributed by atoms with Gasteiger partial charge in [0, 0.05) is 16.5 Å². The number of hydrogen-bond donors (Lipinski definition) is 0. The minimum Gasteiger partial charge on any atom is -0.497 e. The molecule has 0 bridgehead atoms. The summed E-state index contributed by atoms with van der Waals surface area (Å²) in [6, 6.07) is 10.1. The first-order valence-electron chi connectivity index (χ1n) is 8.27. The molecule has 27 heavy (non-hydrogen) atoms. The van der Waals surface area contributed by atoms with Crippen LogP contribution >= 0.6 is 11.8 Å². The second-order valence-electron chi connectivity index (χ2n) is 6.31. The van der Waals surface area contributed by atoms with Gasteiger partial charge in [-0.3, -0.25) is 4.90 Å². The van der Waals surface area contributed by atoms with Gasteiger partial charge in [-0.15, -0.1) is 11.8 Å². The molecule has 2 aromatic carbocycles. The lowest BCUT2D eigenvalue weighted by molar-refractivity contribution is 0.402. The van der Waals surface area contributed by atoms with Gasteiger partial charge in [0.25, 0.3) is 10.0 Å². The average Bonchev–Trinajstić information content (AvgIpc) is 3.00. The van der Waals surface area contributed by atoms with Gasteiger partial charge in [0.2, 0.25) is 0 Å². The van der Waals surface area contributed by atoms with E-state index in [0.717, 1.165) is 22.4 Å². The van der Waals surface area contributed by atoms with Crippen LogP contribution in [0, 0.1) is 5.82 Å². The van der Waals surface area contributed by atoms with Crippen molar-refractivity contribution in [1.82, 2.24) is 8.87 Å². The van der Waals surface area contributed by atoms with Gasteiger partial charge in [0.1, 0.15) is 11.6 Å². The monoisotopic (exact) mass is 408 g/mol. The fourth-order valence-electron chi connectivity index (χ4n) is 2.58. The number of benzene rings is 2. The number of ether oxygens (including phenoxy) is 1. The van der Waals surface area contributed by atoms with Crippen molar-refractivity contribution < 1.29 is 17.5 Å². The molecule has 8 heteroatoms. The van der Waals surface area contributed by atoms with Crippen molar-refractivity contribution in [3.63, 3.8) is 0 Å². The lowest BCUT2D eigenvalue weighted by Crippen LogP contribution is -2.20. The van der Waals surface area contributed by atoms with E-state index in [-0.39, 0.29) is 10.3 Å². The highest BCUT2D eigenvalue weighted by molar-refractivity contribution is 8.00. The Kier molecular flexibility index (Phi) is 5.50. The molecular weight excluding hydrogens is 387 g/mol. The highest BCUT2D eigenvalue weighted by Gasteiger charge is 2.23. The van der Waals surface area contributed by atoms with Crippen molar-refractivity contribution in [1.29, 1.82) is 0 Å². The first-order chi connectivity index (χ1) is 12.7. The number of fused-ring (bicyclic) bond motifs is 1. The zero-order valence-electron chi connectivity index (χ0n) is 15.5. The molecule has 0 saturated heterocycles. The third-order valence-corrected chi connectivity index (χ3v) is 7.37. The Morgan fingerprint density at radius 2 is 1.81 bits per heavy atom. The molecule has 0 spiro atoms. The zero-order valence-corrected chi connectivity index (χ0v) is 17.1. The molecule has 1 aromatic heterocycles. The molecule has 5 nitrogen and oxygen atoms in total. The van der Waals surface area contributed by atoms with Gasteiger partial charge in [-0.1, -0.05) is 0 Å². The summed E-state index contributed by atoms with van der Waals surface area (Å²) >= 11 is 1.56. The van der Waals surface area contributed by atoms with Crippen LogP contribution < -0.4 is 4.74 Å². The van der Waals surface area contributed by atoms with Gasteiger partial charge < -0.3 is 4.74 Å². The van der Waals surface area contributed by atoms with Crippen LogP contribution in [0.1, 0.15) is 6.92 Å². The van der Waals surface area contributed by atoms with E-state index in [1.807, 2.05) is 32.0 Å². The Hall–Kier alpha value is -2.03. The smallest absolute Gasteiger partial charge is 0.268 e. The largest absolute Gasteiger partial charge is 0.497 e. The van der Waals surface area contributed by atoms with Gasteiger partial charge in [0.05, 0.1) is 22.9 Å². The molecule has 1 unspecified atom stereocenters. The molecule has 0 aliphatic rings. The van der Waals surface area contributed by atoms with E-state index in [4.69, 9.17) is 4.74 Å². The second-order valence-corrected chi connectivity index (χ2v) is 9.48. The summed E-state index contributed by atoms with van der Waals surface area (Å²) in [4.78, 5) is 2.91. The number of thioether (sulfide) groups is 1. The predicted molar refractivity (Wildman–Crippen MR) is 106 cm³/mol. The van der Waals surface area contributed by atoms with Crippen LogP contribution in [0.5, 0.6) is 5.75 Å². The van der Waals surface area contributed by atoms with Crippen molar-refractivity contribution in [2.75, 3.05) is 21.2 Å². The van der Waals surface area contributed by atoms with Crippen molar-refractivity contribution in [2.24, 2.45) is 0 Å². The van der Waals surface area contributed by atoms with E-state index >= 15 is 0 Å². The molecule has 0 saturated carbocycles. The molecule has 3 rings (SSSR count). The molecule has 0 aliphatic carbocycles. The fourth-order valence-corrected chi connectivity index (χ4v) is 5.05. The molecule has 0 fully saturated rings. The topological polar surface area (TPSA) is 51.5 Å². The lowest BCUT2D eigenvalue weighted by atomic mass is 10.2. The van der Waals surface area contributed by atoms with Crippen LogP contribution in [0.2, 0.25) is 0 Å². The van der Waals surface area contributed by atoms with E-state index < -0.39 is 15.8 Å². The number of rotatable bonds is 6. The van der Waals surface area contributed by atoms with E-state index in [1.165, 1.54) is 16.1 Å². The van der Waals surface area contributed by atoms with Gasteiger partial charge in [-0.2, -0.15) is 0 Å². The van der Waals surface area contributed by atoms with Crippen molar-refractivity contribution in [3.8, 4) is 5.75 Å². The molecule has 0 amide bonds. The normalized spacial score (nSPS) is 13.3. The van der Waals surface area contributed by atoms with Crippen LogP contribution in [-0.2, 0) is 10.0 Å². The molecule has 1 atom stereocenters. The maximum Gasteiger partial charge on any atom is 0.268 e. The van der Waals surface area contributed by atoms with Crippen LogP contribution in [-0.4, -0.2) is 43.9 Å². The van der Waals surface area contributed by atoms with Crippen LogP contribution in [0.3, 0.4) is 0 Å². The number of halogens is 1. The SMILES string of the molecule is COc1ccc2c(c1)c(SC(C)N(C)C)cn2S(=O)(=O)c1ccc(F)cc1. The molecule has 1 heterocycles. The predicted octanol–water partition coefficient (Wildman–Crippen LogP) is 4.03. The third kappa shape index (κ3) is 3.83. The fraction of sp³-hybridized carbons (Fsp3) is 0.263.